The number of halogens is 1. The summed E-state index contributed by atoms with van der Waals surface area (Å²) in [6.07, 6.45) is 1.99. The molecule has 5 bridgehead atoms. The van der Waals surface area contributed by atoms with E-state index < -0.39 is 11.8 Å². The van der Waals surface area contributed by atoms with Crippen LogP contribution in [-0.4, -0.2) is 72.4 Å². The fourth-order valence-electron chi connectivity index (χ4n) is 7.47. The molecule has 170 valence electrons. The number of hydrogen-bond donors (Lipinski definition) is 2. The number of carbonyl (C=O) groups excluding carboxylic acids is 1. The zero-order valence-corrected chi connectivity index (χ0v) is 19.0. The van der Waals surface area contributed by atoms with E-state index in [0.29, 0.717) is 35.4 Å². The molecule has 6 heterocycles. The van der Waals surface area contributed by atoms with Crippen LogP contribution in [0.15, 0.2) is 22.9 Å². The molecule has 0 radical (unpaired) electrons. The minimum Gasteiger partial charge on any atom is -0.492 e. The third-order valence-electron chi connectivity index (χ3n) is 8.50. The highest BCUT2D eigenvalue weighted by Gasteiger charge is 2.84. The molecule has 31 heavy (non-hydrogen) atoms. The van der Waals surface area contributed by atoms with E-state index >= 15 is 0 Å². The van der Waals surface area contributed by atoms with Gasteiger partial charge < -0.3 is 29.6 Å². The summed E-state index contributed by atoms with van der Waals surface area (Å²) in [5.41, 5.74) is 6.05. The summed E-state index contributed by atoms with van der Waals surface area (Å²) in [5.74, 6) is 0.859. The summed E-state index contributed by atoms with van der Waals surface area (Å²) in [6.45, 7) is 5.52. The predicted molar refractivity (Wildman–Crippen MR) is 112 cm³/mol. The average Bonchev–Trinajstić information content (AvgIpc) is 3.40. The van der Waals surface area contributed by atoms with Crippen LogP contribution in [0.2, 0.25) is 0 Å². The van der Waals surface area contributed by atoms with Crippen molar-refractivity contribution >= 4 is 24.3 Å². The summed E-state index contributed by atoms with van der Waals surface area (Å²) in [6, 6.07) is 0.337. The Kier molecular flexibility index (Phi) is 4.25. The monoisotopic (exact) mass is 452 g/mol. The first-order valence-corrected chi connectivity index (χ1v) is 10.7. The van der Waals surface area contributed by atoms with Crippen LogP contribution in [0.4, 0.5) is 0 Å². The molecule has 0 saturated carbocycles. The van der Waals surface area contributed by atoms with E-state index in [2.05, 4.69) is 11.8 Å². The maximum absolute atomic E-state index is 12.2. The molecule has 3 N–H and O–H groups in total. The summed E-state index contributed by atoms with van der Waals surface area (Å²) < 4.78 is 24.5. The number of fused-ring (bicyclic) bond motifs is 1. The number of rotatable bonds is 3. The van der Waals surface area contributed by atoms with Crippen LogP contribution >= 0.6 is 12.4 Å². The molecular weight excluding hydrogens is 424 g/mol. The molecule has 9 nitrogen and oxygen atoms in total. The number of hydrogen-bond acceptors (Lipinski definition) is 7. The number of nitrogens with two attached hydrogens (primary N) is 1. The van der Waals surface area contributed by atoms with Gasteiger partial charge in [0.15, 0.2) is 11.7 Å². The van der Waals surface area contributed by atoms with Gasteiger partial charge in [-0.25, -0.2) is 4.79 Å². The van der Waals surface area contributed by atoms with Gasteiger partial charge in [0.25, 0.3) is 0 Å². The topological polar surface area (TPSA) is 110 Å². The Balaban J connectivity index is 0.00000204. The van der Waals surface area contributed by atoms with Gasteiger partial charge in [-0.15, -0.1) is 12.4 Å². The number of guanidine groups is 1. The van der Waals surface area contributed by atoms with Crippen LogP contribution in [0.1, 0.15) is 26.7 Å². The van der Waals surface area contributed by atoms with Crippen molar-refractivity contribution in [2.75, 3.05) is 27.2 Å². The van der Waals surface area contributed by atoms with Crippen molar-refractivity contribution < 1.29 is 23.7 Å². The van der Waals surface area contributed by atoms with Gasteiger partial charge in [-0.05, 0) is 26.3 Å². The van der Waals surface area contributed by atoms with Gasteiger partial charge in [-0.2, -0.15) is 0 Å². The highest BCUT2D eigenvalue weighted by atomic mass is 35.5. The zero-order valence-electron chi connectivity index (χ0n) is 18.1. The molecule has 5 fully saturated rings. The van der Waals surface area contributed by atoms with Gasteiger partial charge in [-0.3, -0.25) is 10.3 Å². The molecule has 6 aliphatic rings. The summed E-state index contributed by atoms with van der Waals surface area (Å²) in [5, 5.41) is 7.87. The number of likely N-dealkylation sites (N-methyl/N-ethyl adjacent to an activating group) is 1. The number of nitrogens with one attached hydrogen (secondary N) is 1. The normalized spacial score (nSPS) is 47.9. The second-order valence-electron chi connectivity index (χ2n) is 9.56. The Bertz CT molecular complexity index is 952. The summed E-state index contributed by atoms with van der Waals surface area (Å²) in [4.78, 5) is 16.6. The van der Waals surface area contributed by atoms with Crippen molar-refractivity contribution in [3.63, 3.8) is 0 Å². The third-order valence-corrected chi connectivity index (χ3v) is 8.50. The van der Waals surface area contributed by atoms with Crippen molar-refractivity contribution in [2.45, 2.75) is 50.2 Å². The Hall–Kier alpha value is -1.97. The van der Waals surface area contributed by atoms with Gasteiger partial charge in [-0.1, -0.05) is 6.92 Å². The van der Waals surface area contributed by atoms with Crippen LogP contribution in [0.5, 0.6) is 0 Å². The molecular formula is C21H29ClN4O5. The molecule has 0 aromatic rings. The Morgan fingerprint density at radius 3 is 2.87 bits per heavy atom. The molecule has 6 aliphatic heterocycles. The SMILES string of the molecule is COC1=C(C)C(=O)O/C1=C1\O[C@@]23O[C@H]4C[C@@H]([C@H]2[C@@H]1C)N1CC[C@H]3[C@@]41CN(C)C(=N)N.Cl. The number of cyclic esters (lactones) is 1. The average molecular weight is 453 g/mol. The second-order valence-corrected chi connectivity index (χ2v) is 9.56. The molecule has 0 aliphatic carbocycles. The zero-order chi connectivity index (χ0) is 21.2. The number of piperidine rings is 1. The lowest BCUT2D eigenvalue weighted by molar-refractivity contribution is -0.256. The van der Waals surface area contributed by atoms with E-state index in [1.807, 2.05) is 11.9 Å². The Morgan fingerprint density at radius 2 is 2.19 bits per heavy atom. The van der Waals surface area contributed by atoms with Crippen molar-refractivity contribution in [1.29, 1.82) is 5.41 Å². The first kappa shape index (κ1) is 20.9. The van der Waals surface area contributed by atoms with Crippen molar-refractivity contribution in [1.82, 2.24) is 9.80 Å². The quantitative estimate of drug-likeness (QED) is 0.372. The maximum atomic E-state index is 12.2. The van der Waals surface area contributed by atoms with E-state index in [1.54, 1.807) is 14.0 Å². The van der Waals surface area contributed by atoms with E-state index in [0.717, 1.165) is 19.4 Å². The van der Waals surface area contributed by atoms with E-state index in [1.165, 1.54) is 0 Å². The minimum absolute atomic E-state index is 0. The number of nitrogens with zero attached hydrogens (tertiary/aromatic N) is 2. The summed E-state index contributed by atoms with van der Waals surface area (Å²) >= 11 is 0. The van der Waals surface area contributed by atoms with Crippen molar-refractivity contribution in [3.05, 3.63) is 22.9 Å². The number of esters is 1. The van der Waals surface area contributed by atoms with Gasteiger partial charge in [0.2, 0.25) is 11.5 Å². The molecule has 1 unspecified atom stereocenters. The smallest absolute Gasteiger partial charge is 0.343 e. The third kappa shape index (κ3) is 2.15. The van der Waals surface area contributed by atoms with Gasteiger partial charge in [0.1, 0.15) is 5.76 Å². The molecule has 0 amide bonds. The van der Waals surface area contributed by atoms with Crippen LogP contribution in [-0.2, 0) is 23.7 Å². The first-order valence-electron chi connectivity index (χ1n) is 10.7. The standard InChI is InChI=1S/C21H28N4O5.ClH/c1-9-14-11-7-13-20(8-24(3)19(22)23)12(5-6-25(11)20)21(14,29-13)30-16(9)17-15(27-4)10(2)18(26)28-17;/h9,11-14H,5-8H2,1-4H3,(H3,22,23);1H/b17-16-;/t9-,11-,12-,13-,14+,20-,21+;/m0./s1. The molecule has 8 atom stereocenters. The van der Waals surface area contributed by atoms with E-state index in [-0.39, 0.29) is 47.8 Å². The number of methoxy groups -OCH3 is 1. The van der Waals surface area contributed by atoms with Crippen molar-refractivity contribution in [2.24, 2.45) is 23.5 Å². The van der Waals surface area contributed by atoms with Gasteiger partial charge >= 0.3 is 5.97 Å². The van der Waals surface area contributed by atoms with E-state index in [9.17, 15) is 4.79 Å². The van der Waals surface area contributed by atoms with Crippen LogP contribution in [0.3, 0.4) is 0 Å². The van der Waals surface area contributed by atoms with Gasteiger partial charge in [0, 0.05) is 31.5 Å². The molecule has 5 saturated heterocycles. The fourth-order valence-corrected chi connectivity index (χ4v) is 7.47. The Labute approximate surface area is 187 Å². The minimum atomic E-state index is -0.721. The summed E-state index contributed by atoms with van der Waals surface area (Å²) in [7, 11) is 3.42. The highest BCUT2D eigenvalue weighted by Crippen LogP contribution is 2.72. The highest BCUT2D eigenvalue weighted by molar-refractivity contribution is 5.93. The fraction of sp³-hybridized carbons (Fsp3) is 0.714. The van der Waals surface area contributed by atoms with Gasteiger partial charge in [0.05, 0.1) is 30.2 Å². The lowest BCUT2D eigenvalue weighted by atomic mass is 9.70. The van der Waals surface area contributed by atoms with Crippen molar-refractivity contribution in [3.8, 4) is 0 Å². The largest absolute Gasteiger partial charge is 0.492 e. The molecule has 6 rings (SSSR count). The molecule has 1 spiro atoms. The first-order chi connectivity index (χ1) is 14.3. The maximum Gasteiger partial charge on any atom is 0.343 e. The molecule has 0 aromatic heterocycles. The lowest BCUT2D eigenvalue weighted by Gasteiger charge is -2.49. The molecule has 10 heteroatoms. The van der Waals surface area contributed by atoms with Crippen LogP contribution in [0.25, 0.3) is 0 Å². The second kappa shape index (κ2) is 6.30. The van der Waals surface area contributed by atoms with Crippen LogP contribution in [0, 0.1) is 23.2 Å². The number of allylic oxidation sites excluding steroid dienone is 1. The predicted octanol–water partition coefficient (Wildman–Crippen LogP) is 1.15. The lowest BCUT2D eigenvalue weighted by Crippen LogP contribution is -2.64. The van der Waals surface area contributed by atoms with E-state index in [4.69, 9.17) is 30.1 Å². The Morgan fingerprint density at radius 1 is 1.45 bits per heavy atom. The van der Waals surface area contributed by atoms with Crippen LogP contribution < -0.4 is 5.73 Å². The number of carbonyl (C=O) groups is 1. The number of ether oxygens (including phenoxy) is 4. The molecule has 0 aromatic carbocycles.